The van der Waals surface area contributed by atoms with E-state index in [0.717, 1.165) is 0 Å². The summed E-state index contributed by atoms with van der Waals surface area (Å²) in [5.41, 5.74) is 6.18. The molecule has 1 heteroatoms. The van der Waals surface area contributed by atoms with Crippen molar-refractivity contribution in [3.63, 3.8) is 0 Å². The molecule has 3 aromatic rings. The fourth-order valence-corrected chi connectivity index (χ4v) is 4.07. The van der Waals surface area contributed by atoms with E-state index in [1.807, 2.05) is 0 Å². The van der Waals surface area contributed by atoms with E-state index in [4.69, 9.17) is 0 Å². The summed E-state index contributed by atoms with van der Waals surface area (Å²) in [5, 5.41) is 2.71. The molecule has 0 atom stereocenters. The second-order valence-corrected chi connectivity index (χ2v) is 7.85. The van der Waals surface area contributed by atoms with Crippen LogP contribution in [0.3, 0.4) is 0 Å². The van der Waals surface area contributed by atoms with Crippen LogP contribution in [0, 0.1) is 0 Å². The summed E-state index contributed by atoms with van der Waals surface area (Å²) in [6.07, 6.45) is 2.51. The van der Waals surface area contributed by atoms with Gasteiger partial charge in [-0.3, -0.25) is 0 Å². The number of para-hydroxylation sites is 1. The highest BCUT2D eigenvalue weighted by molar-refractivity contribution is 6.08. The third-order valence-electron chi connectivity index (χ3n) is 5.46. The SMILES string of the molecule is CC1(C)CCC(C)(C)c2c1ccc1c2[nH]c2ccccc21. The Morgan fingerprint density at radius 3 is 2.33 bits per heavy atom. The van der Waals surface area contributed by atoms with Crippen LogP contribution >= 0.6 is 0 Å². The Morgan fingerprint density at radius 1 is 0.810 bits per heavy atom. The number of rotatable bonds is 0. The Bertz CT molecular complexity index is 849. The van der Waals surface area contributed by atoms with Crippen molar-refractivity contribution >= 4 is 21.8 Å². The van der Waals surface area contributed by atoms with Crippen molar-refractivity contribution in [3.8, 4) is 0 Å². The summed E-state index contributed by atoms with van der Waals surface area (Å²) in [5.74, 6) is 0. The second-order valence-electron chi connectivity index (χ2n) is 7.85. The predicted molar refractivity (Wildman–Crippen MR) is 91.1 cm³/mol. The lowest BCUT2D eigenvalue weighted by molar-refractivity contribution is 0.334. The van der Waals surface area contributed by atoms with Gasteiger partial charge in [0.1, 0.15) is 0 Å². The van der Waals surface area contributed by atoms with E-state index in [1.165, 1.54) is 45.8 Å². The molecule has 21 heavy (non-hydrogen) atoms. The second kappa shape index (κ2) is 3.91. The van der Waals surface area contributed by atoms with Crippen molar-refractivity contribution in [1.29, 1.82) is 0 Å². The lowest BCUT2D eigenvalue weighted by atomic mass is 9.63. The van der Waals surface area contributed by atoms with Gasteiger partial charge in [0, 0.05) is 16.3 Å². The Balaban J connectivity index is 2.18. The molecule has 2 aromatic carbocycles. The molecule has 1 aromatic heterocycles. The van der Waals surface area contributed by atoms with Crippen LogP contribution < -0.4 is 0 Å². The number of nitrogens with one attached hydrogen (secondary N) is 1. The molecule has 108 valence electrons. The third kappa shape index (κ3) is 1.70. The smallest absolute Gasteiger partial charge is 0.0505 e. The molecular weight excluding hydrogens is 254 g/mol. The Morgan fingerprint density at radius 2 is 1.52 bits per heavy atom. The van der Waals surface area contributed by atoms with Gasteiger partial charge in [0.15, 0.2) is 0 Å². The number of aromatic amines is 1. The van der Waals surface area contributed by atoms with Crippen molar-refractivity contribution in [1.82, 2.24) is 4.98 Å². The van der Waals surface area contributed by atoms with Gasteiger partial charge in [-0.1, -0.05) is 58.0 Å². The van der Waals surface area contributed by atoms with E-state index in [9.17, 15) is 0 Å². The molecule has 1 aliphatic rings. The Labute approximate surface area is 126 Å². The number of H-pyrrole nitrogens is 1. The molecule has 0 amide bonds. The zero-order chi connectivity index (χ0) is 14.8. The lowest BCUT2D eigenvalue weighted by Gasteiger charge is -2.42. The van der Waals surface area contributed by atoms with Crippen molar-refractivity contribution in [2.75, 3.05) is 0 Å². The van der Waals surface area contributed by atoms with E-state index >= 15 is 0 Å². The molecule has 0 saturated heterocycles. The first-order chi connectivity index (χ1) is 9.90. The first kappa shape index (κ1) is 12.9. The van der Waals surface area contributed by atoms with Gasteiger partial charge in [-0.05, 0) is 40.9 Å². The molecular formula is C20H23N. The molecule has 0 fully saturated rings. The summed E-state index contributed by atoms with van der Waals surface area (Å²) >= 11 is 0. The number of hydrogen-bond acceptors (Lipinski definition) is 0. The van der Waals surface area contributed by atoms with E-state index in [1.54, 1.807) is 0 Å². The summed E-state index contributed by atoms with van der Waals surface area (Å²) < 4.78 is 0. The van der Waals surface area contributed by atoms with Gasteiger partial charge in [0.25, 0.3) is 0 Å². The number of hydrogen-bond donors (Lipinski definition) is 1. The highest BCUT2D eigenvalue weighted by Gasteiger charge is 2.38. The average Bonchev–Trinajstić information content (AvgIpc) is 2.82. The van der Waals surface area contributed by atoms with Gasteiger partial charge < -0.3 is 4.98 Å². The third-order valence-corrected chi connectivity index (χ3v) is 5.46. The molecule has 0 spiro atoms. The van der Waals surface area contributed by atoms with Crippen molar-refractivity contribution in [2.24, 2.45) is 0 Å². The topological polar surface area (TPSA) is 15.8 Å². The van der Waals surface area contributed by atoms with Crippen LogP contribution in [0.25, 0.3) is 21.8 Å². The number of fused-ring (bicyclic) bond motifs is 5. The maximum atomic E-state index is 3.70. The monoisotopic (exact) mass is 277 g/mol. The molecule has 1 heterocycles. The summed E-state index contributed by atoms with van der Waals surface area (Å²) in [6, 6.07) is 13.3. The summed E-state index contributed by atoms with van der Waals surface area (Å²) in [7, 11) is 0. The fourth-order valence-electron chi connectivity index (χ4n) is 4.07. The quantitative estimate of drug-likeness (QED) is 0.545. The van der Waals surface area contributed by atoms with Crippen LogP contribution in [-0.2, 0) is 10.8 Å². The van der Waals surface area contributed by atoms with Gasteiger partial charge in [-0.2, -0.15) is 0 Å². The normalized spacial score (nSPS) is 19.8. The minimum atomic E-state index is 0.241. The molecule has 1 N–H and O–H groups in total. The van der Waals surface area contributed by atoms with Gasteiger partial charge in [-0.25, -0.2) is 0 Å². The van der Waals surface area contributed by atoms with Crippen LogP contribution in [0.5, 0.6) is 0 Å². The molecule has 1 aliphatic carbocycles. The minimum absolute atomic E-state index is 0.241. The van der Waals surface area contributed by atoms with Gasteiger partial charge in [-0.15, -0.1) is 0 Å². The standard InChI is InChI=1S/C20H23N/c1-19(2)11-12-20(3,4)17-15(19)10-9-14-13-7-5-6-8-16(13)21-18(14)17/h5-10,21H,11-12H2,1-4H3. The molecule has 0 radical (unpaired) electrons. The van der Waals surface area contributed by atoms with Gasteiger partial charge in [0.2, 0.25) is 0 Å². The van der Waals surface area contributed by atoms with Gasteiger partial charge >= 0.3 is 0 Å². The van der Waals surface area contributed by atoms with Gasteiger partial charge in [0.05, 0.1) is 5.52 Å². The van der Waals surface area contributed by atoms with Crippen LogP contribution in [0.15, 0.2) is 36.4 Å². The molecule has 0 bridgehead atoms. The van der Waals surface area contributed by atoms with Crippen LogP contribution in [0.1, 0.15) is 51.7 Å². The minimum Gasteiger partial charge on any atom is -0.354 e. The first-order valence-corrected chi connectivity index (χ1v) is 7.95. The maximum absolute atomic E-state index is 3.70. The molecule has 0 aliphatic heterocycles. The molecule has 4 rings (SSSR count). The highest BCUT2D eigenvalue weighted by Crippen LogP contribution is 2.48. The van der Waals surface area contributed by atoms with Crippen LogP contribution in [-0.4, -0.2) is 4.98 Å². The zero-order valence-electron chi connectivity index (χ0n) is 13.4. The van der Waals surface area contributed by atoms with E-state index in [0.29, 0.717) is 0 Å². The van der Waals surface area contributed by atoms with Crippen molar-refractivity contribution < 1.29 is 0 Å². The van der Waals surface area contributed by atoms with E-state index < -0.39 is 0 Å². The van der Waals surface area contributed by atoms with Crippen LogP contribution in [0.4, 0.5) is 0 Å². The number of benzene rings is 2. The Kier molecular flexibility index (Phi) is 2.41. The summed E-state index contributed by atoms with van der Waals surface area (Å²) in [4.78, 5) is 3.70. The maximum Gasteiger partial charge on any atom is 0.0505 e. The largest absolute Gasteiger partial charge is 0.354 e. The number of aromatic nitrogens is 1. The fraction of sp³-hybridized carbons (Fsp3) is 0.400. The lowest BCUT2D eigenvalue weighted by Crippen LogP contribution is -2.34. The molecule has 1 nitrogen and oxygen atoms in total. The highest BCUT2D eigenvalue weighted by atomic mass is 14.7. The van der Waals surface area contributed by atoms with E-state index in [2.05, 4.69) is 69.1 Å². The van der Waals surface area contributed by atoms with Crippen molar-refractivity contribution in [3.05, 3.63) is 47.5 Å². The molecule has 0 saturated carbocycles. The predicted octanol–water partition coefficient (Wildman–Crippen LogP) is 5.67. The Hall–Kier alpha value is -1.76. The average molecular weight is 277 g/mol. The van der Waals surface area contributed by atoms with Crippen LogP contribution in [0.2, 0.25) is 0 Å². The first-order valence-electron chi connectivity index (χ1n) is 7.95. The van der Waals surface area contributed by atoms with E-state index in [-0.39, 0.29) is 10.8 Å². The molecule has 0 unspecified atom stereocenters. The summed E-state index contributed by atoms with van der Waals surface area (Å²) in [6.45, 7) is 9.56. The zero-order valence-corrected chi connectivity index (χ0v) is 13.4. The van der Waals surface area contributed by atoms with Crippen molar-refractivity contribution in [2.45, 2.75) is 51.4 Å².